The van der Waals surface area contributed by atoms with E-state index in [2.05, 4.69) is 4.90 Å². The van der Waals surface area contributed by atoms with Gasteiger partial charge in [0.15, 0.2) is 5.78 Å². The molecule has 0 atom stereocenters. The number of hydrogen-bond acceptors (Lipinski definition) is 4. The summed E-state index contributed by atoms with van der Waals surface area (Å²) in [4.78, 5) is 14.5. The lowest BCUT2D eigenvalue weighted by Gasteiger charge is -2.26. The van der Waals surface area contributed by atoms with Crippen molar-refractivity contribution in [1.29, 1.82) is 0 Å². The van der Waals surface area contributed by atoms with Crippen LogP contribution in [0.25, 0.3) is 6.08 Å². The molecule has 1 aliphatic heterocycles. The molecule has 1 fully saturated rings. The van der Waals surface area contributed by atoms with Crippen molar-refractivity contribution in [2.45, 2.75) is 12.8 Å². The Kier molecular flexibility index (Phi) is 7.63. The highest BCUT2D eigenvalue weighted by atomic mass is 16.5. The van der Waals surface area contributed by atoms with Gasteiger partial charge in [-0.15, -0.1) is 0 Å². The SMILES string of the molecule is O=C(/C=C/c1ccc(OCCCCN2CCOCC2)cc1)c1ccccc1. The molecule has 0 bridgehead atoms. The van der Waals surface area contributed by atoms with Crippen LogP contribution in [0.4, 0.5) is 0 Å². The third-order valence-corrected chi connectivity index (χ3v) is 4.61. The van der Waals surface area contributed by atoms with Gasteiger partial charge in [-0.3, -0.25) is 9.69 Å². The van der Waals surface area contributed by atoms with E-state index in [0.717, 1.165) is 63.6 Å². The lowest BCUT2D eigenvalue weighted by atomic mass is 10.1. The van der Waals surface area contributed by atoms with Crippen molar-refractivity contribution in [3.8, 4) is 5.75 Å². The van der Waals surface area contributed by atoms with E-state index in [9.17, 15) is 4.79 Å². The largest absolute Gasteiger partial charge is 0.494 e. The summed E-state index contributed by atoms with van der Waals surface area (Å²) in [6.45, 7) is 5.64. The summed E-state index contributed by atoms with van der Waals surface area (Å²) < 4.78 is 11.2. The summed E-state index contributed by atoms with van der Waals surface area (Å²) in [6, 6.07) is 17.1. The summed E-state index contributed by atoms with van der Waals surface area (Å²) in [5.74, 6) is 0.879. The maximum atomic E-state index is 12.1. The fourth-order valence-electron chi connectivity index (χ4n) is 3.00. The topological polar surface area (TPSA) is 38.8 Å². The van der Waals surface area contributed by atoms with Crippen molar-refractivity contribution >= 4 is 11.9 Å². The zero-order chi connectivity index (χ0) is 18.7. The van der Waals surface area contributed by atoms with Gasteiger partial charge in [0.1, 0.15) is 5.75 Å². The van der Waals surface area contributed by atoms with Gasteiger partial charge in [0.2, 0.25) is 0 Å². The smallest absolute Gasteiger partial charge is 0.185 e. The Labute approximate surface area is 161 Å². The zero-order valence-electron chi connectivity index (χ0n) is 15.7. The monoisotopic (exact) mass is 365 g/mol. The minimum atomic E-state index is 0.0104. The van der Waals surface area contributed by atoms with Crippen molar-refractivity contribution in [1.82, 2.24) is 4.90 Å². The molecule has 0 radical (unpaired) electrons. The first-order valence-corrected chi connectivity index (χ1v) is 9.62. The van der Waals surface area contributed by atoms with Gasteiger partial charge in [0, 0.05) is 18.7 Å². The van der Waals surface area contributed by atoms with Crippen LogP contribution in [0.3, 0.4) is 0 Å². The van der Waals surface area contributed by atoms with E-state index in [-0.39, 0.29) is 5.78 Å². The Balaban J connectivity index is 1.37. The summed E-state index contributed by atoms with van der Waals surface area (Å²) >= 11 is 0. The molecule has 0 aliphatic carbocycles. The van der Waals surface area contributed by atoms with E-state index in [1.54, 1.807) is 6.08 Å². The van der Waals surface area contributed by atoms with Crippen molar-refractivity contribution in [2.24, 2.45) is 0 Å². The second-order valence-electron chi connectivity index (χ2n) is 6.64. The van der Waals surface area contributed by atoms with Crippen LogP contribution in [0.1, 0.15) is 28.8 Å². The number of ketones is 1. The molecule has 0 aromatic heterocycles. The maximum absolute atomic E-state index is 12.1. The first-order chi connectivity index (χ1) is 13.3. The van der Waals surface area contributed by atoms with Gasteiger partial charge in [-0.1, -0.05) is 48.5 Å². The number of hydrogen-bond donors (Lipinski definition) is 0. The molecule has 4 heteroatoms. The number of allylic oxidation sites excluding steroid dienone is 1. The van der Waals surface area contributed by atoms with Crippen LogP contribution in [-0.4, -0.2) is 50.1 Å². The van der Waals surface area contributed by atoms with Gasteiger partial charge in [-0.05, 0) is 43.2 Å². The molecule has 142 valence electrons. The van der Waals surface area contributed by atoms with Crippen molar-refractivity contribution in [3.63, 3.8) is 0 Å². The fourth-order valence-corrected chi connectivity index (χ4v) is 3.00. The Morgan fingerprint density at radius 1 is 1.00 bits per heavy atom. The normalized spacial score (nSPS) is 15.1. The van der Waals surface area contributed by atoms with E-state index >= 15 is 0 Å². The maximum Gasteiger partial charge on any atom is 0.185 e. The number of rotatable bonds is 9. The summed E-state index contributed by atoms with van der Waals surface area (Å²) in [6.07, 6.45) is 5.63. The second kappa shape index (κ2) is 10.7. The van der Waals surface area contributed by atoms with E-state index in [1.165, 1.54) is 0 Å². The predicted octanol–water partition coefficient (Wildman–Crippen LogP) is 4.07. The van der Waals surface area contributed by atoms with Gasteiger partial charge in [-0.2, -0.15) is 0 Å². The molecule has 0 N–H and O–H groups in total. The summed E-state index contributed by atoms with van der Waals surface area (Å²) in [5.41, 5.74) is 1.68. The second-order valence-corrected chi connectivity index (χ2v) is 6.64. The fraction of sp³-hybridized carbons (Fsp3) is 0.348. The number of carbonyl (C=O) groups is 1. The lowest BCUT2D eigenvalue weighted by Crippen LogP contribution is -2.36. The third-order valence-electron chi connectivity index (χ3n) is 4.61. The standard InChI is InChI=1S/C23H27NO3/c25-23(21-6-2-1-3-7-21)13-10-20-8-11-22(12-9-20)27-17-5-4-14-24-15-18-26-19-16-24/h1-3,6-13H,4-5,14-19H2/b13-10+. The molecule has 27 heavy (non-hydrogen) atoms. The van der Waals surface area contributed by atoms with E-state index in [4.69, 9.17) is 9.47 Å². The van der Waals surface area contributed by atoms with Gasteiger partial charge in [0.05, 0.1) is 19.8 Å². The molecule has 0 unspecified atom stereocenters. The summed E-state index contributed by atoms with van der Waals surface area (Å²) in [5, 5.41) is 0. The number of carbonyl (C=O) groups excluding carboxylic acids is 1. The average Bonchev–Trinajstić information content (AvgIpc) is 2.74. The Morgan fingerprint density at radius 3 is 2.48 bits per heavy atom. The zero-order valence-corrected chi connectivity index (χ0v) is 15.7. The molecule has 1 heterocycles. The molecule has 3 rings (SSSR count). The first-order valence-electron chi connectivity index (χ1n) is 9.62. The molecule has 0 saturated carbocycles. The number of ether oxygens (including phenoxy) is 2. The van der Waals surface area contributed by atoms with Crippen molar-refractivity contribution < 1.29 is 14.3 Å². The molecule has 0 amide bonds. The summed E-state index contributed by atoms with van der Waals surface area (Å²) in [7, 11) is 0. The van der Waals surface area contributed by atoms with Crippen molar-refractivity contribution in [3.05, 3.63) is 71.8 Å². The van der Waals surface area contributed by atoms with Gasteiger partial charge in [0.25, 0.3) is 0 Å². The van der Waals surface area contributed by atoms with Gasteiger partial charge >= 0.3 is 0 Å². The number of morpholine rings is 1. The van der Waals surface area contributed by atoms with Crippen LogP contribution < -0.4 is 4.74 Å². The van der Waals surface area contributed by atoms with E-state index < -0.39 is 0 Å². The third kappa shape index (κ3) is 6.66. The molecule has 1 aliphatic rings. The highest BCUT2D eigenvalue weighted by molar-refractivity contribution is 6.06. The van der Waals surface area contributed by atoms with E-state index in [1.807, 2.05) is 60.7 Å². The van der Waals surface area contributed by atoms with Crippen LogP contribution >= 0.6 is 0 Å². The van der Waals surface area contributed by atoms with Crippen LogP contribution in [0.15, 0.2) is 60.7 Å². The molecule has 4 nitrogen and oxygen atoms in total. The van der Waals surface area contributed by atoms with E-state index in [0.29, 0.717) is 5.56 Å². The lowest BCUT2D eigenvalue weighted by molar-refractivity contribution is 0.0368. The molecular formula is C23H27NO3. The Bertz CT molecular complexity index is 719. The van der Waals surface area contributed by atoms with Crippen LogP contribution in [0.5, 0.6) is 5.75 Å². The quantitative estimate of drug-likeness (QED) is 0.381. The van der Waals surface area contributed by atoms with Gasteiger partial charge in [-0.25, -0.2) is 0 Å². The molecule has 2 aromatic carbocycles. The predicted molar refractivity (Wildman–Crippen MR) is 108 cm³/mol. The van der Waals surface area contributed by atoms with Crippen LogP contribution in [0, 0.1) is 0 Å². The molecule has 2 aromatic rings. The molecule has 1 saturated heterocycles. The minimum Gasteiger partial charge on any atom is -0.494 e. The molecule has 0 spiro atoms. The number of nitrogens with zero attached hydrogens (tertiary/aromatic N) is 1. The van der Waals surface area contributed by atoms with Crippen molar-refractivity contribution in [2.75, 3.05) is 39.5 Å². The van der Waals surface area contributed by atoms with Gasteiger partial charge < -0.3 is 9.47 Å². The highest BCUT2D eigenvalue weighted by Gasteiger charge is 2.09. The average molecular weight is 365 g/mol. The number of unbranched alkanes of at least 4 members (excludes halogenated alkanes) is 1. The first kappa shape index (κ1) is 19.3. The van der Waals surface area contributed by atoms with Crippen LogP contribution in [0.2, 0.25) is 0 Å². The highest BCUT2D eigenvalue weighted by Crippen LogP contribution is 2.14. The Hall–Kier alpha value is -2.43. The minimum absolute atomic E-state index is 0.0104. The van der Waals surface area contributed by atoms with Crippen LogP contribution in [-0.2, 0) is 4.74 Å². The Morgan fingerprint density at radius 2 is 1.74 bits per heavy atom. The molecular weight excluding hydrogens is 338 g/mol. The number of benzene rings is 2.